The van der Waals surface area contributed by atoms with Crippen LogP contribution in [0.1, 0.15) is 33.2 Å². The molecule has 0 spiro atoms. The van der Waals surface area contributed by atoms with E-state index in [1.807, 2.05) is 4.90 Å². The summed E-state index contributed by atoms with van der Waals surface area (Å²) in [5, 5.41) is 0. The Morgan fingerprint density at radius 2 is 1.67 bits per heavy atom. The molecule has 1 fully saturated rings. The molecule has 2 aromatic carbocycles. The molecule has 9 heteroatoms. The third kappa shape index (κ3) is 4.30. The topological polar surface area (TPSA) is 87.2 Å². The number of hydrogen-bond donors (Lipinski definition) is 0. The summed E-state index contributed by atoms with van der Waals surface area (Å²) in [4.78, 5) is 54.6. The molecule has 1 saturated heterocycles. The Morgan fingerprint density at radius 1 is 1.00 bits per heavy atom. The quantitative estimate of drug-likeness (QED) is 0.509. The average Bonchev–Trinajstić information content (AvgIpc) is 3.06. The molecule has 0 saturated carbocycles. The fourth-order valence-corrected chi connectivity index (χ4v) is 4.08. The number of benzene rings is 2. The van der Waals surface area contributed by atoms with Crippen LogP contribution in [0.2, 0.25) is 0 Å². The van der Waals surface area contributed by atoms with Crippen LogP contribution in [-0.4, -0.2) is 72.3 Å². The summed E-state index contributed by atoms with van der Waals surface area (Å²) >= 11 is 0. The highest BCUT2D eigenvalue weighted by Gasteiger charge is 2.41. The van der Waals surface area contributed by atoms with E-state index in [1.54, 1.807) is 48.2 Å². The molecule has 2 aromatic rings. The molecular weight excluding hydrogens is 429 g/mol. The molecule has 2 aliphatic heterocycles. The second-order valence-electron chi connectivity index (χ2n) is 8.13. The van der Waals surface area contributed by atoms with Gasteiger partial charge >= 0.3 is 5.97 Å². The fraction of sp³-hybridized carbons (Fsp3) is 0.333. The highest BCUT2D eigenvalue weighted by atomic mass is 19.1. The number of esters is 1. The molecule has 0 aliphatic carbocycles. The third-order valence-electron chi connectivity index (χ3n) is 5.97. The van der Waals surface area contributed by atoms with Crippen LogP contribution >= 0.6 is 0 Å². The standard InChI is InChI=1S/C24H24FN3O5/c1-15-7-8-17-18(13-15)23(31)28(22(17)30)16(2)24(32)33-14-21(29)27-11-9-26(10-12-27)20-6-4-3-5-19(20)25/h3-8,13,16H,9-12,14H2,1-2H3. The molecule has 0 aromatic heterocycles. The zero-order chi connectivity index (χ0) is 23.7. The van der Waals surface area contributed by atoms with Gasteiger partial charge in [-0.15, -0.1) is 0 Å². The molecule has 8 nitrogen and oxygen atoms in total. The Morgan fingerprint density at radius 3 is 2.36 bits per heavy atom. The van der Waals surface area contributed by atoms with Crippen molar-refractivity contribution in [3.63, 3.8) is 0 Å². The van der Waals surface area contributed by atoms with E-state index in [4.69, 9.17) is 4.74 Å². The number of anilines is 1. The predicted octanol–water partition coefficient (Wildman–Crippen LogP) is 2.01. The monoisotopic (exact) mass is 453 g/mol. The van der Waals surface area contributed by atoms with Crippen LogP contribution in [0.3, 0.4) is 0 Å². The maximum absolute atomic E-state index is 14.0. The summed E-state index contributed by atoms with van der Waals surface area (Å²) in [7, 11) is 0. The molecule has 0 bridgehead atoms. The zero-order valence-electron chi connectivity index (χ0n) is 18.4. The molecule has 33 heavy (non-hydrogen) atoms. The van der Waals surface area contributed by atoms with E-state index in [2.05, 4.69) is 0 Å². The number of imide groups is 1. The van der Waals surface area contributed by atoms with Gasteiger partial charge in [-0.05, 0) is 38.1 Å². The molecule has 2 heterocycles. The van der Waals surface area contributed by atoms with Crippen molar-refractivity contribution >= 4 is 29.4 Å². The van der Waals surface area contributed by atoms with Crippen molar-refractivity contribution < 1.29 is 28.3 Å². The number of piperazine rings is 1. The minimum atomic E-state index is -1.16. The first-order chi connectivity index (χ1) is 15.8. The minimum absolute atomic E-state index is 0.244. The summed E-state index contributed by atoms with van der Waals surface area (Å²) in [6, 6.07) is 10.2. The van der Waals surface area contributed by atoms with E-state index < -0.39 is 30.4 Å². The Bertz CT molecular complexity index is 1130. The number of amides is 3. The molecule has 1 unspecified atom stereocenters. The first-order valence-electron chi connectivity index (χ1n) is 10.7. The Labute approximate surface area is 190 Å². The zero-order valence-corrected chi connectivity index (χ0v) is 18.4. The van der Waals surface area contributed by atoms with E-state index in [0.717, 1.165) is 10.5 Å². The number of carbonyl (C=O) groups is 4. The van der Waals surface area contributed by atoms with Gasteiger partial charge < -0.3 is 14.5 Å². The number of para-hydroxylation sites is 1. The number of nitrogens with zero attached hydrogens (tertiary/aromatic N) is 3. The lowest BCUT2D eigenvalue weighted by molar-refractivity contribution is -0.154. The predicted molar refractivity (Wildman–Crippen MR) is 117 cm³/mol. The summed E-state index contributed by atoms with van der Waals surface area (Å²) in [5.41, 5.74) is 1.81. The van der Waals surface area contributed by atoms with Gasteiger partial charge in [0.15, 0.2) is 6.61 Å². The first kappa shape index (κ1) is 22.4. The van der Waals surface area contributed by atoms with Gasteiger partial charge in [0.1, 0.15) is 11.9 Å². The van der Waals surface area contributed by atoms with Crippen LogP contribution < -0.4 is 4.90 Å². The molecular formula is C24H24FN3O5. The van der Waals surface area contributed by atoms with Crippen molar-refractivity contribution in [1.29, 1.82) is 0 Å². The SMILES string of the molecule is Cc1ccc2c(c1)C(=O)N(C(C)C(=O)OCC(=O)N1CCN(c3ccccc3F)CC1)C2=O. The Hall–Kier alpha value is -3.75. The molecule has 4 rings (SSSR count). The van der Waals surface area contributed by atoms with Crippen LogP contribution in [0.4, 0.5) is 10.1 Å². The number of fused-ring (bicyclic) bond motifs is 1. The lowest BCUT2D eigenvalue weighted by Crippen LogP contribution is -2.50. The highest BCUT2D eigenvalue weighted by molar-refractivity contribution is 6.22. The maximum atomic E-state index is 14.0. The van der Waals surface area contributed by atoms with Gasteiger partial charge in [0, 0.05) is 26.2 Å². The van der Waals surface area contributed by atoms with Gasteiger partial charge in [-0.3, -0.25) is 19.3 Å². The van der Waals surface area contributed by atoms with Gasteiger partial charge in [0.25, 0.3) is 17.7 Å². The minimum Gasteiger partial charge on any atom is -0.454 e. The lowest BCUT2D eigenvalue weighted by atomic mass is 10.1. The van der Waals surface area contributed by atoms with Crippen molar-refractivity contribution in [2.24, 2.45) is 0 Å². The van der Waals surface area contributed by atoms with Crippen LogP contribution in [-0.2, 0) is 14.3 Å². The number of rotatable bonds is 5. The number of hydrogen-bond acceptors (Lipinski definition) is 6. The fourth-order valence-electron chi connectivity index (χ4n) is 4.08. The number of carbonyl (C=O) groups excluding carboxylic acids is 4. The summed E-state index contributed by atoms with van der Waals surface area (Å²) < 4.78 is 19.1. The van der Waals surface area contributed by atoms with Crippen LogP contribution in [0.15, 0.2) is 42.5 Å². The van der Waals surface area contributed by atoms with Crippen LogP contribution in [0.5, 0.6) is 0 Å². The number of ether oxygens (including phenoxy) is 1. The van der Waals surface area contributed by atoms with Gasteiger partial charge in [-0.2, -0.15) is 0 Å². The molecule has 1 atom stereocenters. The third-order valence-corrected chi connectivity index (χ3v) is 5.97. The average molecular weight is 453 g/mol. The Balaban J connectivity index is 1.30. The van der Waals surface area contributed by atoms with Crippen molar-refractivity contribution in [3.05, 3.63) is 65.0 Å². The lowest BCUT2D eigenvalue weighted by Gasteiger charge is -2.36. The van der Waals surface area contributed by atoms with E-state index in [1.165, 1.54) is 13.0 Å². The number of halogens is 1. The van der Waals surface area contributed by atoms with Crippen molar-refractivity contribution in [2.45, 2.75) is 19.9 Å². The molecule has 0 radical (unpaired) electrons. The molecule has 2 aliphatic rings. The van der Waals surface area contributed by atoms with Gasteiger partial charge in [-0.1, -0.05) is 23.8 Å². The van der Waals surface area contributed by atoms with Gasteiger partial charge in [0.05, 0.1) is 16.8 Å². The molecule has 0 N–H and O–H groups in total. The Kier molecular flexibility index (Phi) is 6.13. The highest BCUT2D eigenvalue weighted by Crippen LogP contribution is 2.26. The van der Waals surface area contributed by atoms with Crippen molar-refractivity contribution in [3.8, 4) is 0 Å². The normalized spacial score (nSPS) is 16.6. The summed E-state index contributed by atoms with van der Waals surface area (Å²) in [5.74, 6) is -2.65. The largest absolute Gasteiger partial charge is 0.454 e. The second kappa shape index (κ2) is 9.01. The van der Waals surface area contributed by atoms with Crippen LogP contribution in [0.25, 0.3) is 0 Å². The molecule has 3 amide bonds. The van der Waals surface area contributed by atoms with E-state index in [-0.39, 0.29) is 22.9 Å². The first-order valence-corrected chi connectivity index (χ1v) is 10.7. The molecule has 172 valence electrons. The van der Waals surface area contributed by atoms with E-state index in [0.29, 0.717) is 31.9 Å². The van der Waals surface area contributed by atoms with Crippen molar-refractivity contribution in [1.82, 2.24) is 9.80 Å². The maximum Gasteiger partial charge on any atom is 0.329 e. The number of aryl methyl sites for hydroxylation is 1. The van der Waals surface area contributed by atoms with Crippen LogP contribution in [0, 0.1) is 12.7 Å². The second-order valence-corrected chi connectivity index (χ2v) is 8.13. The van der Waals surface area contributed by atoms with Gasteiger partial charge in [-0.25, -0.2) is 9.18 Å². The smallest absolute Gasteiger partial charge is 0.329 e. The van der Waals surface area contributed by atoms with E-state index >= 15 is 0 Å². The summed E-state index contributed by atoms with van der Waals surface area (Å²) in [6.07, 6.45) is 0. The van der Waals surface area contributed by atoms with Crippen molar-refractivity contribution in [2.75, 3.05) is 37.7 Å². The van der Waals surface area contributed by atoms with Gasteiger partial charge in [0.2, 0.25) is 0 Å². The van der Waals surface area contributed by atoms with E-state index in [9.17, 15) is 23.6 Å². The summed E-state index contributed by atoms with van der Waals surface area (Å²) in [6.45, 7) is 4.33.